The van der Waals surface area contributed by atoms with Crippen molar-refractivity contribution >= 4 is 41.3 Å². The Morgan fingerprint density at radius 3 is 2.71 bits per heavy atom. The average molecular weight is 462 g/mol. The molecule has 0 aromatic carbocycles. The molecule has 2 aromatic rings. The molecule has 1 N–H and O–H groups in total. The molecule has 0 aliphatic heterocycles. The van der Waals surface area contributed by atoms with E-state index in [0.717, 1.165) is 24.7 Å². The molecule has 0 fully saturated rings. The lowest BCUT2D eigenvalue weighted by molar-refractivity contribution is 0.377. The molecule has 0 radical (unpaired) electrons. The molecule has 0 bridgehead atoms. The summed E-state index contributed by atoms with van der Waals surface area (Å²) in [4.78, 5) is 12.2. The number of nitrogens with zero attached hydrogens (tertiary/aromatic N) is 3. The van der Waals surface area contributed by atoms with Gasteiger partial charge in [-0.25, -0.2) is 4.98 Å². The molecule has 0 aliphatic carbocycles. The summed E-state index contributed by atoms with van der Waals surface area (Å²) in [6.07, 6.45) is 2.82. The van der Waals surface area contributed by atoms with Crippen LogP contribution in [0.3, 0.4) is 0 Å². The van der Waals surface area contributed by atoms with E-state index in [1.54, 1.807) is 24.6 Å². The van der Waals surface area contributed by atoms with E-state index in [1.165, 1.54) is 4.88 Å². The van der Waals surface area contributed by atoms with E-state index in [9.17, 15) is 0 Å². The minimum Gasteiger partial charge on any atom is -0.443 e. The number of nitrogens with one attached hydrogen (secondary N) is 1. The standard InChI is InChI=1S/C17H26N4OS.HI/c1-17(2,3)14-11-19-15(22-14)12-20-16(18-4)21(5)9-8-13-7-6-10-23-13;/h6-7,10-11H,8-9,12H2,1-5H3,(H,18,20);1H. The molecule has 0 aliphatic rings. The quantitative estimate of drug-likeness (QED) is 0.416. The maximum absolute atomic E-state index is 5.80. The molecule has 2 aromatic heterocycles. The van der Waals surface area contributed by atoms with Crippen LogP contribution in [0.5, 0.6) is 0 Å². The lowest BCUT2D eigenvalue weighted by Gasteiger charge is -2.21. The second-order valence-corrected chi connectivity index (χ2v) is 7.55. The predicted molar refractivity (Wildman–Crippen MR) is 111 cm³/mol. The molecule has 0 saturated heterocycles. The zero-order valence-corrected chi connectivity index (χ0v) is 18.1. The largest absolute Gasteiger partial charge is 0.443 e. The fraction of sp³-hybridized carbons (Fsp3) is 0.529. The van der Waals surface area contributed by atoms with Crippen molar-refractivity contribution in [3.8, 4) is 0 Å². The van der Waals surface area contributed by atoms with Gasteiger partial charge in [0.05, 0.1) is 12.7 Å². The van der Waals surface area contributed by atoms with Crippen LogP contribution < -0.4 is 5.32 Å². The second kappa shape index (κ2) is 9.41. The minimum atomic E-state index is -0.0234. The normalized spacial score (nSPS) is 12.0. The van der Waals surface area contributed by atoms with Crippen LogP contribution in [0.15, 0.2) is 33.1 Å². The molecule has 7 heteroatoms. The molecule has 2 rings (SSSR count). The summed E-state index contributed by atoms with van der Waals surface area (Å²) in [6, 6.07) is 4.25. The molecular weight excluding hydrogens is 435 g/mol. The van der Waals surface area contributed by atoms with E-state index < -0.39 is 0 Å². The lowest BCUT2D eigenvalue weighted by Crippen LogP contribution is -2.39. The minimum absolute atomic E-state index is 0. The summed E-state index contributed by atoms with van der Waals surface area (Å²) < 4.78 is 5.80. The fourth-order valence-corrected chi connectivity index (χ4v) is 2.81. The van der Waals surface area contributed by atoms with Gasteiger partial charge in [0.2, 0.25) is 5.89 Å². The van der Waals surface area contributed by atoms with Crippen LogP contribution in [0, 0.1) is 0 Å². The van der Waals surface area contributed by atoms with Crippen molar-refractivity contribution in [2.24, 2.45) is 4.99 Å². The van der Waals surface area contributed by atoms with Crippen molar-refractivity contribution in [1.82, 2.24) is 15.2 Å². The third kappa shape index (κ3) is 6.08. The molecule has 0 spiro atoms. The van der Waals surface area contributed by atoms with E-state index >= 15 is 0 Å². The number of aromatic nitrogens is 1. The number of oxazole rings is 1. The summed E-state index contributed by atoms with van der Waals surface area (Å²) >= 11 is 1.79. The SMILES string of the molecule is CN=C(NCc1ncc(C(C)(C)C)o1)N(C)CCc1cccs1.I. The number of hydrogen-bond donors (Lipinski definition) is 1. The van der Waals surface area contributed by atoms with Gasteiger partial charge in [-0.3, -0.25) is 4.99 Å². The van der Waals surface area contributed by atoms with E-state index in [-0.39, 0.29) is 29.4 Å². The first-order chi connectivity index (χ1) is 10.9. The Kier molecular flexibility index (Phi) is 8.21. The van der Waals surface area contributed by atoms with Gasteiger partial charge in [0.25, 0.3) is 0 Å². The fourth-order valence-electron chi connectivity index (χ4n) is 2.12. The number of rotatable bonds is 5. The van der Waals surface area contributed by atoms with Crippen molar-refractivity contribution in [3.63, 3.8) is 0 Å². The van der Waals surface area contributed by atoms with Crippen LogP contribution in [0.2, 0.25) is 0 Å². The van der Waals surface area contributed by atoms with Crippen LogP contribution in [0.25, 0.3) is 0 Å². The summed E-state index contributed by atoms with van der Waals surface area (Å²) in [5, 5.41) is 5.41. The maximum atomic E-state index is 5.80. The highest BCUT2D eigenvalue weighted by Gasteiger charge is 2.19. The Morgan fingerprint density at radius 1 is 1.42 bits per heavy atom. The van der Waals surface area contributed by atoms with Crippen LogP contribution in [0.1, 0.15) is 37.3 Å². The predicted octanol–water partition coefficient (Wildman–Crippen LogP) is 3.90. The van der Waals surface area contributed by atoms with Gasteiger partial charge in [0, 0.05) is 30.9 Å². The van der Waals surface area contributed by atoms with Crippen LogP contribution in [-0.4, -0.2) is 36.5 Å². The van der Waals surface area contributed by atoms with Crippen LogP contribution >= 0.6 is 35.3 Å². The maximum Gasteiger partial charge on any atom is 0.213 e. The van der Waals surface area contributed by atoms with E-state index in [4.69, 9.17) is 4.42 Å². The third-order valence-corrected chi connectivity index (χ3v) is 4.47. The highest BCUT2D eigenvalue weighted by molar-refractivity contribution is 14.0. The van der Waals surface area contributed by atoms with Crippen molar-refractivity contribution in [3.05, 3.63) is 40.2 Å². The van der Waals surface area contributed by atoms with Crippen LogP contribution in [-0.2, 0) is 18.4 Å². The molecule has 0 unspecified atom stereocenters. The zero-order valence-electron chi connectivity index (χ0n) is 15.0. The van der Waals surface area contributed by atoms with Gasteiger partial charge in [-0.2, -0.15) is 0 Å². The molecule has 134 valence electrons. The number of aliphatic imine (C=N–C) groups is 1. The number of guanidine groups is 1. The number of thiophene rings is 1. The summed E-state index contributed by atoms with van der Waals surface area (Å²) in [5.41, 5.74) is -0.0234. The van der Waals surface area contributed by atoms with Gasteiger partial charge in [-0.05, 0) is 17.9 Å². The number of hydrogen-bond acceptors (Lipinski definition) is 4. The summed E-state index contributed by atoms with van der Waals surface area (Å²) in [7, 11) is 3.83. The third-order valence-electron chi connectivity index (χ3n) is 3.54. The second-order valence-electron chi connectivity index (χ2n) is 6.52. The molecule has 0 amide bonds. The van der Waals surface area contributed by atoms with E-state index in [1.807, 2.05) is 7.05 Å². The van der Waals surface area contributed by atoms with Gasteiger partial charge in [-0.1, -0.05) is 26.8 Å². The topological polar surface area (TPSA) is 53.7 Å². The van der Waals surface area contributed by atoms with Crippen molar-refractivity contribution in [1.29, 1.82) is 0 Å². The van der Waals surface area contributed by atoms with Crippen molar-refractivity contribution < 1.29 is 4.42 Å². The Bertz CT molecular complexity index is 631. The first-order valence-corrected chi connectivity index (χ1v) is 8.67. The monoisotopic (exact) mass is 462 g/mol. The van der Waals surface area contributed by atoms with Gasteiger partial charge in [0.15, 0.2) is 5.96 Å². The average Bonchev–Trinajstić information content (AvgIpc) is 3.16. The molecule has 2 heterocycles. The van der Waals surface area contributed by atoms with Gasteiger partial charge in [-0.15, -0.1) is 35.3 Å². The molecule has 5 nitrogen and oxygen atoms in total. The van der Waals surface area contributed by atoms with Gasteiger partial charge >= 0.3 is 0 Å². The van der Waals surface area contributed by atoms with Crippen LogP contribution in [0.4, 0.5) is 0 Å². The van der Waals surface area contributed by atoms with Crippen molar-refractivity contribution in [2.75, 3.05) is 20.6 Å². The Balaban J connectivity index is 0.00000288. The van der Waals surface area contributed by atoms with Gasteiger partial charge in [0.1, 0.15) is 5.76 Å². The Morgan fingerprint density at radius 2 is 2.17 bits per heavy atom. The van der Waals surface area contributed by atoms with Crippen molar-refractivity contribution in [2.45, 2.75) is 39.2 Å². The summed E-state index contributed by atoms with van der Waals surface area (Å²) in [6.45, 7) is 7.79. The highest BCUT2D eigenvalue weighted by atomic mass is 127. The number of halogens is 1. The summed E-state index contributed by atoms with van der Waals surface area (Å²) in [5.74, 6) is 2.43. The smallest absolute Gasteiger partial charge is 0.213 e. The molecule has 0 atom stereocenters. The molecule has 0 saturated carbocycles. The Hall–Kier alpha value is -1.09. The molecular formula is C17H27IN4OS. The van der Waals surface area contributed by atoms with Gasteiger partial charge < -0.3 is 14.6 Å². The highest BCUT2D eigenvalue weighted by Crippen LogP contribution is 2.22. The lowest BCUT2D eigenvalue weighted by atomic mass is 9.94. The first-order valence-electron chi connectivity index (χ1n) is 7.79. The van der Waals surface area contributed by atoms with E-state index in [2.05, 4.69) is 58.5 Å². The number of likely N-dealkylation sites (N-methyl/N-ethyl adjacent to an activating group) is 1. The molecule has 24 heavy (non-hydrogen) atoms. The zero-order chi connectivity index (χ0) is 16.9. The van der Waals surface area contributed by atoms with E-state index in [0.29, 0.717) is 12.4 Å². The Labute approximate surface area is 165 Å². The first kappa shape index (κ1) is 21.0.